The van der Waals surface area contributed by atoms with Crippen LogP contribution in [0.2, 0.25) is 0 Å². The van der Waals surface area contributed by atoms with E-state index >= 15 is 0 Å². The highest BCUT2D eigenvalue weighted by atomic mass is 14.6. The third kappa shape index (κ3) is 1.21. The van der Waals surface area contributed by atoms with E-state index < -0.39 is 0 Å². The molecular weight excluding hydrogens is 132 g/mol. The van der Waals surface area contributed by atoms with Crippen LogP contribution in [-0.2, 0) is 0 Å². The first kappa shape index (κ1) is 7.64. The third-order valence-electron chi connectivity index (χ3n) is 4.07. The Kier molecular flexibility index (Phi) is 1.74. The van der Waals surface area contributed by atoms with Crippen LogP contribution in [-0.4, -0.2) is 0 Å². The van der Waals surface area contributed by atoms with E-state index in [-0.39, 0.29) is 0 Å². The molecule has 11 heavy (non-hydrogen) atoms. The van der Waals surface area contributed by atoms with Gasteiger partial charge in [-0.2, -0.15) is 0 Å². The summed E-state index contributed by atoms with van der Waals surface area (Å²) < 4.78 is 0. The lowest BCUT2D eigenvalue weighted by Crippen LogP contribution is -1.90. The molecule has 0 aliphatic heterocycles. The molecule has 2 saturated carbocycles. The Labute approximate surface area is 70.4 Å². The fourth-order valence-corrected chi connectivity index (χ4v) is 3.09. The Balaban J connectivity index is 1.95. The number of rotatable bonds is 0. The van der Waals surface area contributed by atoms with Crippen molar-refractivity contribution < 1.29 is 0 Å². The second kappa shape index (κ2) is 2.50. The van der Waals surface area contributed by atoms with E-state index in [1.54, 1.807) is 0 Å². The summed E-state index contributed by atoms with van der Waals surface area (Å²) in [5, 5.41) is 0. The summed E-state index contributed by atoms with van der Waals surface area (Å²) in [5.41, 5.74) is 0.727. The van der Waals surface area contributed by atoms with Gasteiger partial charge in [-0.3, -0.25) is 0 Å². The Bertz CT molecular complexity index is 130. The number of fused-ring (bicyclic) bond motifs is 1. The van der Waals surface area contributed by atoms with Gasteiger partial charge in [-0.1, -0.05) is 39.5 Å². The zero-order chi connectivity index (χ0) is 7.90. The summed E-state index contributed by atoms with van der Waals surface area (Å²) in [6.45, 7) is 4.93. The molecule has 0 spiro atoms. The Morgan fingerprint density at radius 3 is 1.73 bits per heavy atom. The molecule has 0 heterocycles. The lowest BCUT2D eigenvalue weighted by Gasteiger charge is -2.05. The van der Waals surface area contributed by atoms with Crippen LogP contribution in [0.15, 0.2) is 0 Å². The maximum atomic E-state index is 2.47. The number of hydrogen-bond donors (Lipinski definition) is 0. The van der Waals surface area contributed by atoms with Crippen LogP contribution in [0.1, 0.15) is 52.4 Å². The molecule has 0 saturated heterocycles. The highest BCUT2D eigenvalue weighted by Gasteiger charge is 2.55. The molecule has 0 radical (unpaired) electrons. The van der Waals surface area contributed by atoms with Crippen molar-refractivity contribution in [1.29, 1.82) is 0 Å². The van der Waals surface area contributed by atoms with E-state index in [0.29, 0.717) is 0 Å². The monoisotopic (exact) mass is 152 g/mol. The van der Waals surface area contributed by atoms with Crippen LogP contribution in [0.25, 0.3) is 0 Å². The summed E-state index contributed by atoms with van der Waals surface area (Å²) >= 11 is 0. The van der Waals surface area contributed by atoms with Gasteiger partial charge in [0.2, 0.25) is 0 Å². The highest BCUT2D eigenvalue weighted by molar-refractivity contribution is 5.04. The van der Waals surface area contributed by atoms with Gasteiger partial charge in [0.25, 0.3) is 0 Å². The van der Waals surface area contributed by atoms with E-state index in [2.05, 4.69) is 13.8 Å². The summed E-state index contributed by atoms with van der Waals surface area (Å²) in [6.07, 6.45) is 9.06. The summed E-state index contributed by atoms with van der Waals surface area (Å²) in [7, 11) is 0. The van der Waals surface area contributed by atoms with Gasteiger partial charge in [0.05, 0.1) is 0 Å². The van der Waals surface area contributed by atoms with E-state index in [4.69, 9.17) is 0 Å². The summed E-state index contributed by atoms with van der Waals surface area (Å²) in [6, 6.07) is 0. The Morgan fingerprint density at radius 1 is 0.818 bits per heavy atom. The highest BCUT2D eigenvalue weighted by Crippen LogP contribution is 2.63. The fraction of sp³-hybridized carbons (Fsp3) is 1.00. The Hall–Kier alpha value is 0. The zero-order valence-corrected chi connectivity index (χ0v) is 7.90. The van der Waals surface area contributed by atoms with E-state index in [1.165, 1.54) is 38.5 Å². The van der Waals surface area contributed by atoms with Crippen LogP contribution >= 0.6 is 0 Å². The Morgan fingerprint density at radius 2 is 1.27 bits per heavy atom. The molecule has 2 fully saturated rings. The van der Waals surface area contributed by atoms with Crippen molar-refractivity contribution in [2.45, 2.75) is 52.4 Å². The van der Waals surface area contributed by atoms with Gasteiger partial charge < -0.3 is 0 Å². The molecule has 2 aliphatic carbocycles. The molecule has 2 atom stereocenters. The molecular formula is C11H20. The molecule has 0 bridgehead atoms. The lowest BCUT2D eigenvalue weighted by molar-refractivity contribution is 0.485. The molecule has 0 aromatic carbocycles. The van der Waals surface area contributed by atoms with Crippen LogP contribution in [0.5, 0.6) is 0 Å². The molecule has 0 aromatic heterocycles. The molecule has 2 rings (SSSR count). The van der Waals surface area contributed by atoms with Gasteiger partial charge in [0.15, 0.2) is 0 Å². The summed E-state index contributed by atoms with van der Waals surface area (Å²) in [4.78, 5) is 0. The maximum Gasteiger partial charge on any atom is -0.0292 e. The van der Waals surface area contributed by atoms with Crippen LogP contribution in [0.3, 0.4) is 0 Å². The molecule has 0 N–H and O–H groups in total. The van der Waals surface area contributed by atoms with Gasteiger partial charge in [-0.15, -0.1) is 0 Å². The molecule has 0 nitrogen and oxygen atoms in total. The van der Waals surface area contributed by atoms with Gasteiger partial charge >= 0.3 is 0 Å². The maximum absolute atomic E-state index is 2.47. The van der Waals surface area contributed by atoms with E-state index in [9.17, 15) is 0 Å². The van der Waals surface area contributed by atoms with Gasteiger partial charge in [-0.05, 0) is 30.1 Å². The van der Waals surface area contributed by atoms with Crippen molar-refractivity contribution in [3.63, 3.8) is 0 Å². The quantitative estimate of drug-likeness (QED) is 0.497. The van der Waals surface area contributed by atoms with Crippen molar-refractivity contribution in [2.75, 3.05) is 0 Å². The van der Waals surface area contributed by atoms with Gasteiger partial charge in [0, 0.05) is 0 Å². The molecule has 2 unspecified atom stereocenters. The normalized spacial score (nSPS) is 42.0. The minimum Gasteiger partial charge on any atom is -0.0594 e. The average Bonchev–Trinajstić information content (AvgIpc) is 2.29. The smallest absolute Gasteiger partial charge is 0.0292 e. The van der Waals surface area contributed by atoms with Crippen LogP contribution in [0.4, 0.5) is 0 Å². The first-order chi connectivity index (χ1) is 5.23. The minimum absolute atomic E-state index is 0.727. The van der Waals surface area contributed by atoms with Crippen LogP contribution in [0, 0.1) is 17.3 Å². The first-order valence-corrected chi connectivity index (χ1v) is 5.23. The zero-order valence-electron chi connectivity index (χ0n) is 7.90. The predicted molar refractivity (Wildman–Crippen MR) is 48.5 cm³/mol. The molecule has 64 valence electrons. The van der Waals surface area contributed by atoms with Crippen molar-refractivity contribution in [2.24, 2.45) is 17.3 Å². The van der Waals surface area contributed by atoms with Crippen LogP contribution < -0.4 is 0 Å². The fourth-order valence-electron chi connectivity index (χ4n) is 3.09. The molecule has 0 heteroatoms. The third-order valence-corrected chi connectivity index (χ3v) is 4.07. The van der Waals surface area contributed by atoms with Crippen molar-refractivity contribution in [3.8, 4) is 0 Å². The predicted octanol–water partition coefficient (Wildman–Crippen LogP) is 3.61. The first-order valence-electron chi connectivity index (χ1n) is 5.23. The van der Waals surface area contributed by atoms with Crippen molar-refractivity contribution >= 4 is 0 Å². The van der Waals surface area contributed by atoms with Crippen molar-refractivity contribution in [3.05, 3.63) is 0 Å². The average molecular weight is 152 g/mol. The van der Waals surface area contributed by atoms with Gasteiger partial charge in [-0.25, -0.2) is 0 Å². The van der Waals surface area contributed by atoms with E-state index in [0.717, 1.165) is 17.3 Å². The van der Waals surface area contributed by atoms with Crippen molar-refractivity contribution in [1.82, 2.24) is 0 Å². The second-order valence-electron chi connectivity index (χ2n) is 5.03. The second-order valence-corrected chi connectivity index (χ2v) is 5.03. The minimum atomic E-state index is 0.727. The molecule has 0 amide bonds. The summed E-state index contributed by atoms with van der Waals surface area (Å²) in [5.74, 6) is 2.20. The topological polar surface area (TPSA) is 0 Å². The SMILES string of the molecule is CC1(C)C2CCCCCCC21. The molecule has 2 aliphatic rings. The lowest BCUT2D eigenvalue weighted by atomic mass is 10.0. The molecule has 0 aromatic rings. The van der Waals surface area contributed by atoms with E-state index in [1.807, 2.05) is 0 Å². The largest absolute Gasteiger partial charge is 0.0594 e. The van der Waals surface area contributed by atoms with Gasteiger partial charge in [0.1, 0.15) is 0 Å². The standard InChI is InChI=1S/C11H20/c1-11(2)9-7-5-3-4-6-8-10(9)11/h9-10H,3-8H2,1-2H3. The number of hydrogen-bond acceptors (Lipinski definition) is 0.